The fourth-order valence-electron chi connectivity index (χ4n) is 0.592. The van der Waals surface area contributed by atoms with Gasteiger partial charge in [-0.1, -0.05) is 0 Å². The van der Waals surface area contributed by atoms with Crippen molar-refractivity contribution >= 4 is 11.8 Å². The van der Waals surface area contributed by atoms with E-state index in [9.17, 15) is 9.59 Å². The van der Waals surface area contributed by atoms with Crippen molar-refractivity contribution in [2.24, 2.45) is 0 Å². The van der Waals surface area contributed by atoms with Gasteiger partial charge in [0.2, 0.25) is 0 Å². The number of ether oxygens (including phenoxy) is 1. The molecule has 84 valence electrons. The highest BCUT2D eigenvalue weighted by molar-refractivity contribution is 5.80. The number of carbonyl (C=O) groups excluding carboxylic acids is 2. The van der Waals surface area contributed by atoms with Crippen LogP contribution in [0.2, 0.25) is 0 Å². The summed E-state index contributed by atoms with van der Waals surface area (Å²) in [6, 6.07) is 0. The van der Waals surface area contributed by atoms with E-state index in [1.165, 1.54) is 6.92 Å². The molecule has 6 nitrogen and oxygen atoms in total. The molecule has 0 aliphatic carbocycles. The van der Waals surface area contributed by atoms with E-state index in [1.807, 2.05) is 0 Å². The molecule has 1 atom stereocenters. The number of carbonyl (C=O) groups is 2. The highest BCUT2D eigenvalue weighted by Crippen LogP contribution is 1.95. The van der Waals surface area contributed by atoms with Crippen LogP contribution in [0.15, 0.2) is 0 Å². The third kappa shape index (κ3) is 9.11. The first-order valence-corrected chi connectivity index (χ1v) is 4.00. The summed E-state index contributed by atoms with van der Waals surface area (Å²) in [6.45, 7) is 0.711. The standard InChI is InChI=1S/C8H14O5.H2O/c1-6(10)2-3-8(12)13-5-7(11)4-9;/h7,9,11H,2-5H2,1H3;1H2. The van der Waals surface area contributed by atoms with Crippen LogP contribution in [-0.2, 0) is 14.3 Å². The molecule has 0 rings (SSSR count). The van der Waals surface area contributed by atoms with Crippen molar-refractivity contribution in [3.8, 4) is 0 Å². The first kappa shape index (κ1) is 15.5. The number of aliphatic hydroxyl groups excluding tert-OH is 2. The molecule has 0 aromatic rings. The van der Waals surface area contributed by atoms with Crippen LogP contribution >= 0.6 is 0 Å². The van der Waals surface area contributed by atoms with E-state index in [1.54, 1.807) is 0 Å². The largest absolute Gasteiger partial charge is 0.463 e. The van der Waals surface area contributed by atoms with Gasteiger partial charge in [0.15, 0.2) is 0 Å². The van der Waals surface area contributed by atoms with Crippen LogP contribution in [0.1, 0.15) is 19.8 Å². The molecule has 4 N–H and O–H groups in total. The molecule has 0 aliphatic rings. The third-order valence-corrected chi connectivity index (χ3v) is 1.33. The van der Waals surface area contributed by atoms with Crippen LogP contribution in [-0.4, -0.2) is 46.8 Å². The topological polar surface area (TPSA) is 115 Å². The smallest absolute Gasteiger partial charge is 0.306 e. The lowest BCUT2D eigenvalue weighted by Crippen LogP contribution is -2.22. The Morgan fingerprint density at radius 1 is 1.36 bits per heavy atom. The molecule has 0 fully saturated rings. The van der Waals surface area contributed by atoms with E-state index < -0.39 is 18.7 Å². The van der Waals surface area contributed by atoms with E-state index in [2.05, 4.69) is 4.74 Å². The number of hydrogen-bond acceptors (Lipinski definition) is 5. The minimum atomic E-state index is -1.04. The van der Waals surface area contributed by atoms with Crippen molar-refractivity contribution in [2.75, 3.05) is 13.2 Å². The van der Waals surface area contributed by atoms with Gasteiger partial charge in [0, 0.05) is 6.42 Å². The minimum Gasteiger partial charge on any atom is -0.463 e. The van der Waals surface area contributed by atoms with E-state index in [0.717, 1.165) is 0 Å². The number of ketones is 1. The van der Waals surface area contributed by atoms with Crippen molar-refractivity contribution < 1.29 is 30.0 Å². The lowest BCUT2D eigenvalue weighted by Gasteiger charge is -2.07. The molecular weight excluding hydrogens is 192 g/mol. The molecule has 0 saturated carbocycles. The lowest BCUT2D eigenvalue weighted by atomic mass is 10.2. The van der Waals surface area contributed by atoms with Crippen LogP contribution in [0.25, 0.3) is 0 Å². The van der Waals surface area contributed by atoms with Crippen molar-refractivity contribution in [3.63, 3.8) is 0 Å². The maximum Gasteiger partial charge on any atom is 0.306 e. The van der Waals surface area contributed by atoms with Crippen LogP contribution in [0.5, 0.6) is 0 Å². The van der Waals surface area contributed by atoms with Gasteiger partial charge in [-0.25, -0.2) is 0 Å². The van der Waals surface area contributed by atoms with Gasteiger partial charge in [-0.05, 0) is 6.92 Å². The number of hydrogen-bond donors (Lipinski definition) is 2. The number of aliphatic hydroxyl groups is 2. The van der Waals surface area contributed by atoms with Gasteiger partial charge in [-0.2, -0.15) is 0 Å². The lowest BCUT2D eigenvalue weighted by molar-refractivity contribution is -0.148. The Morgan fingerprint density at radius 3 is 2.36 bits per heavy atom. The molecule has 6 heteroatoms. The SMILES string of the molecule is CC(=O)CCC(=O)OCC(O)CO.O. The predicted molar refractivity (Wildman–Crippen MR) is 47.6 cm³/mol. The Balaban J connectivity index is 0. The van der Waals surface area contributed by atoms with Crippen molar-refractivity contribution in [2.45, 2.75) is 25.9 Å². The summed E-state index contributed by atoms with van der Waals surface area (Å²) in [5.41, 5.74) is 0. The van der Waals surface area contributed by atoms with Gasteiger partial charge in [0.05, 0.1) is 13.0 Å². The average molecular weight is 208 g/mol. The quantitative estimate of drug-likeness (QED) is 0.511. The van der Waals surface area contributed by atoms with Crippen LogP contribution in [0.3, 0.4) is 0 Å². The molecule has 0 aliphatic heterocycles. The summed E-state index contributed by atoms with van der Waals surface area (Å²) in [6.07, 6.45) is -0.872. The van der Waals surface area contributed by atoms with Crippen LogP contribution in [0.4, 0.5) is 0 Å². The fraction of sp³-hybridized carbons (Fsp3) is 0.750. The van der Waals surface area contributed by atoms with Crippen LogP contribution < -0.4 is 0 Å². The summed E-state index contributed by atoms with van der Waals surface area (Å²) in [7, 11) is 0. The predicted octanol–water partition coefficient (Wildman–Crippen LogP) is -1.57. The zero-order valence-electron chi connectivity index (χ0n) is 8.02. The Morgan fingerprint density at radius 2 is 1.93 bits per heavy atom. The van der Waals surface area contributed by atoms with E-state index >= 15 is 0 Å². The normalized spacial score (nSPS) is 11.4. The zero-order chi connectivity index (χ0) is 10.3. The summed E-state index contributed by atoms with van der Waals surface area (Å²) in [5, 5.41) is 17.2. The summed E-state index contributed by atoms with van der Waals surface area (Å²) in [5.74, 6) is -0.623. The molecule has 14 heavy (non-hydrogen) atoms. The molecule has 0 aromatic heterocycles. The molecule has 0 spiro atoms. The number of esters is 1. The fourth-order valence-corrected chi connectivity index (χ4v) is 0.592. The van der Waals surface area contributed by atoms with Gasteiger partial charge in [-0.3, -0.25) is 4.79 Å². The van der Waals surface area contributed by atoms with Gasteiger partial charge in [0.1, 0.15) is 18.5 Å². The molecule has 0 amide bonds. The maximum atomic E-state index is 10.8. The molecule has 0 bridgehead atoms. The van der Waals surface area contributed by atoms with Crippen molar-refractivity contribution in [3.05, 3.63) is 0 Å². The number of Topliss-reactive ketones (excluding diaryl/α,β-unsaturated/α-hetero) is 1. The van der Waals surface area contributed by atoms with E-state index in [0.29, 0.717) is 0 Å². The zero-order valence-corrected chi connectivity index (χ0v) is 8.02. The van der Waals surface area contributed by atoms with Gasteiger partial charge >= 0.3 is 5.97 Å². The third-order valence-electron chi connectivity index (χ3n) is 1.33. The number of rotatable bonds is 6. The summed E-state index contributed by atoms with van der Waals surface area (Å²) >= 11 is 0. The highest BCUT2D eigenvalue weighted by atomic mass is 16.5. The summed E-state index contributed by atoms with van der Waals surface area (Å²) in [4.78, 5) is 21.2. The second-order valence-corrected chi connectivity index (χ2v) is 2.72. The Hall–Kier alpha value is -0.980. The first-order valence-electron chi connectivity index (χ1n) is 4.00. The Labute approximate surface area is 81.8 Å². The minimum absolute atomic E-state index is 0. The molecule has 1 unspecified atom stereocenters. The molecule has 0 aromatic carbocycles. The second kappa shape index (κ2) is 8.61. The molecule has 0 saturated heterocycles. The van der Waals surface area contributed by atoms with E-state index in [-0.39, 0.29) is 30.7 Å². The van der Waals surface area contributed by atoms with E-state index in [4.69, 9.17) is 10.2 Å². The van der Waals surface area contributed by atoms with Crippen LogP contribution in [0, 0.1) is 0 Å². The van der Waals surface area contributed by atoms with Crippen molar-refractivity contribution in [1.29, 1.82) is 0 Å². The Bertz CT molecular complexity index is 179. The molecule has 0 radical (unpaired) electrons. The summed E-state index contributed by atoms with van der Waals surface area (Å²) < 4.78 is 4.54. The van der Waals surface area contributed by atoms with Gasteiger partial charge in [0.25, 0.3) is 0 Å². The Kier molecular flexibility index (Phi) is 9.53. The molecule has 0 heterocycles. The van der Waals surface area contributed by atoms with Gasteiger partial charge in [-0.15, -0.1) is 0 Å². The highest BCUT2D eigenvalue weighted by Gasteiger charge is 2.08. The molecular formula is C8H16O6. The maximum absolute atomic E-state index is 10.8. The van der Waals surface area contributed by atoms with Crippen molar-refractivity contribution in [1.82, 2.24) is 0 Å². The van der Waals surface area contributed by atoms with Gasteiger partial charge < -0.3 is 25.2 Å². The average Bonchev–Trinajstić information content (AvgIpc) is 2.10. The monoisotopic (exact) mass is 208 g/mol. The second-order valence-electron chi connectivity index (χ2n) is 2.72. The first-order chi connectivity index (χ1) is 6.06.